The van der Waals surface area contributed by atoms with E-state index >= 15 is 0 Å². The third-order valence-electron chi connectivity index (χ3n) is 4.73. The molecule has 32 heavy (non-hydrogen) atoms. The summed E-state index contributed by atoms with van der Waals surface area (Å²) in [5, 5.41) is 12.1. The van der Waals surface area contributed by atoms with E-state index in [-0.39, 0.29) is 11.6 Å². The summed E-state index contributed by atoms with van der Waals surface area (Å²) in [7, 11) is -2.19. The molecule has 11 heteroatoms. The van der Waals surface area contributed by atoms with Crippen LogP contribution in [0.5, 0.6) is 5.75 Å². The number of sulfonamides is 1. The number of hydrogen-bond donors (Lipinski definition) is 1. The van der Waals surface area contributed by atoms with E-state index in [0.29, 0.717) is 15.7 Å². The molecule has 1 atom stereocenters. The minimum Gasteiger partial charge on any atom is -0.497 e. The van der Waals surface area contributed by atoms with Crippen LogP contribution in [0.3, 0.4) is 0 Å². The van der Waals surface area contributed by atoms with E-state index in [1.165, 1.54) is 11.3 Å². The monoisotopic (exact) mass is 494 g/mol. The van der Waals surface area contributed by atoms with Crippen molar-refractivity contribution in [2.75, 3.05) is 23.0 Å². The fraction of sp³-hybridized carbons (Fsp3) is 0.286. The summed E-state index contributed by atoms with van der Waals surface area (Å²) in [6.45, 7) is 3.55. The molecule has 0 aliphatic rings. The topological polar surface area (TPSA) is 101 Å². The van der Waals surface area contributed by atoms with Gasteiger partial charge in [-0.3, -0.25) is 14.4 Å². The van der Waals surface area contributed by atoms with Crippen molar-refractivity contribution in [1.82, 2.24) is 10.2 Å². The van der Waals surface area contributed by atoms with E-state index in [1.807, 2.05) is 19.1 Å². The van der Waals surface area contributed by atoms with Crippen molar-refractivity contribution in [3.05, 3.63) is 53.1 Å². The number of benzene rings is 2. The van der Waals surface area contributed by atoms with Gasteiger partial charge < -0.3 is 4.74 Å². The van der Waals surface area contributed by atoms with E-state index in [1.54, 1.807) is 44.4 Å². The fourth-order valence-corrected chi connectivity index (χ4v) is 5.22. The van der Waals surface area contributed by atoms with Crippen LogP contribution in [0, 0.1) is 6.92 Å². The molecule has 1 heterocycles. The molecule has 0 aliphatic heterocycles. The minimum atomic E-state index is -3.77. The molecule has 0 unspecified atom stereocenters. The SMILES string of the molecule is CC[C@@H](C(=O)Nc1nnc(-c2ccc(OC)cc2)s1)N(c1ccc(C)c(Cl)c1)S(C)(=O)=O. The zero-order valence-corrected chi connectivity index (χ0v) is 20.4. The number of carbonyl (C=O) groups excluding carboxylic acids is 1. The number of nitrogens with zero attached hydrogens (tertiary/aromatic N) is 3. The summed E-state index contributed by atoms with van der Waals surface area (Å²) in [4.78, 5) is 13.1. The molecule has 0 aliphatic carbocycles. The van der Waals surface area contributed by atoms with Crippen LogP contribution >= 0.6 is 22.9 Å². The van der Waals surface area contributed by atoms with Crippen LogP contribution in [0.25, 0.3) is 10.6 Å². The minimum absolute atomic E-state index is 0.245. The van der Waals surface area contributed by atoms with Crippen molar-refractivity contribution in [2.45, 2.75) is 26.3 Å². The third-order valence-corrected chi connectivity index (χ3v) is 7.21. The first-order chi connectivity index (χ1) is 15.1. The average molecular weight is 495 g/mol. The second kappa shape index (κ2) is 9.85. The van der Waals surface area contributed by atoms with Crippen LogP contribution in [0.4, 0.5) is 10.8 Å². The quantitative estimate of drug-likeness (QED) is 0.499. The van der Waals surface area contributed by atoms with Crippen LogP contribution < -0.4 is 14.4 Å². The molecule has 0 spiro atoms. The Balaban J connectivity index is 1.85. The molecule has 8 nitrogen and oxygen atoms in total. The van der Waals surface area contributed by atoms with Crippen molar-refractivity contribution < 1.29 is 17.9 Å². The van der Waals surface area contributed by atoms with Gasteiger partial charge in [-0.1, -0.05) is 35.9 Å². The van der Waals surface area contributed by atoms with E-state index in [4.69, 9.17) is 16.3 Å². The molecule has 0 bridgehead atoms. The van der Waals surface area contributed by atoms with E-state index in [0.717, 1.165) is 27.4 Å². The van der Waals surface area contributed by atoms with Gasteiger partial charge in [-0.2, -0.15) is 0 Å². The smallest absolute Gasteiger partial charge is 0.250 e. The highest BCUT2D eigenvalue weighted by molar-refractivity contribution is 7.92. The number of rotatable bonds is 8. The largest absolute Gasteiger partial charge is 0.497 e. The first-order valence-electron chi connectivity index (χ1n) is 9.68. The molecule has 170 valence electrons. The van der Waals surface area contributed by atoms with E-state index in [2.05, 4.69) is 15.5 Å². The second-order valence-corrected chi connectivity index (χ2v) is 10.3. The number of aryl methyl sites for hydroxylation is 1. The lowest BCUT2D eigenvalue weighted by Crippen LogP contribution is -2.47. The van der Waals surface area contributed by atoms with Gasteiger partial charge in [0.1, 0.15) is 16.8 Å². The Morgan fingerprint density at radius 2 is 1.91 bits per heavy atom. The van der Waals surface area contributed by atoms with Gasteiger partial charge in [0.05, 0.1) is 19.1 Å². The summed E-state index contributed by atoms with van der Waals surface area (Å²) < 4.78 is 31.4. The fourth-order valence-electron chi connectivity index (χ4n) is 3.09. The van der Waals surface area contributed by atoms with Gasteiger partial charge >= 0.3 is 0 Å². The van der Waals surface area contributed by atoms with Crippen molar-refractivity contribution in [3.8, 4) is 16.3 Å². The van der Waals surface area contributed by atoms with Gasteiger partial charge in [-0.05, 0) is 55.3 Å². The summed E-state index contributed by atoms with van der Waals surface area (Å²) in [6, 6.07) is 11.2. The molecule has 0 saturated heterocycles. The third kappa shape index (κ3) is 5.37. The maximum Gasteiger partial charge on any atom is 0.250 e. The van der Waals surface area contributed by atoms with Crippen molar-refractivity contribution >= 4 is 49.7 Å². The molecule has 0 fully saturated rings. The lowest BCUT2D eigenvalue weighted by atomic mass is 10.1. The van der Waals surface area contributed by atoms with Crippen molar-refractivity contribution in [3.63, 3.8) is 0 Å². The first kappa shape index (κ1) is 24.0. The second-order valence-electron chi connectivity index (χ2n) is 7.05. The number of aromatic nitrogens is 2. The lowest BCUT2D eigenvalue weighted by Gasteiger charge is -2.30. The normalized spacial score (nSPS) is 12.3. The maximum absolute atomic E-state index is 13.1. The summed E-state index contributed by atoms with van der Waals surface area (Å²) >= 11 is 7.39. The zero-order chi connectivity index (χ0) is 23.5. The highest BCUT2D eigenvalue weighted by Crippen LogP contribution is 2.30. The number of carbonyl (C=O) groups is 1. The predicted octanol–water partition coefficient (Wildman–Crippen LogP) is 4.36. The van der Waals surface area contributed by atoms with Gasteiger partial charge in [-0.15, -0.1) is 10.2 Å². The Kier molecular flexibility index (Phi) is 7.37. The molecule has 1 N–H and O–H groups in total. The van der Waals surface area contributed by atoms with Crippen LogP contribution in [0.2, 0.25) is 5.02 Å². The Bertz CT molecular complexity index is 1210. The van der Waals surface area contributed by atoms with E-state index < -0.39 is 22.0 Å². The van der Waals surface area contributed by atoms with E-state index in [9.17, 15) is 13.2 Å². The van der Waals surface area contributed by atoms with Gasteiger partial charge in [-0.25, -0.2) is 8.42 Å². The van der Waals surface area contributed by atoms with Crippen LogP contribution in [-0.4, -0.2) is 43.9 Å². The Morgan fingerprint density at radius 3 is 2.47 bits per heavy atom. The zero-order valence-electron chi connectivity index (χ0n) is 18.0. The molecule has 3 rings (SSSR count). The number of nitrogens with one attached hydrogen (secondary N) is 1. The number of ether oxygens (including phenoxy) is 1. The summed E-state index contributed by atoms with van der Waals surface area (Å²) in [5.74, 6) is 0.210. The highest BCUT2D eigenvalue weighted by Gasteiger charge is 2.32. The molecule has 1 aromatic heterocycles. The predicted molar refractivity (Wildman–Crippen MR) is 128 cm³/mol. The average Bonchev–Trinajstić information content (AvgIpc) is 3.21. The maximum atomic E-state index is 13.1. The number of hydrogen-bond acceptors (Lipinski definition) is 7. The van der Waals surface area contributed by atoms with Gasteiger partial charge in [0, 0.05) is 10.6 Å². The summed E-state index contributed by atoms with van der Waals surface area (Å²) in [6.07, 6.45) is 1.30. The first-order valence-corrected chi connectivity index (χ1v) is 12.7. The molecular weight excluding hydrogens is 472 g/mol. The molecule has 0 saturated carbocycles. The highest BCUT2D eigenvalue weighted by atomic mass is 35.5. The number of anilines is 2. The van der Waals surface area contributed by atoms with Crippen LogP contribution in [0.1, 0.15) is 18.9 Å². The van der Waals surface area contributed by atoms with Gasteiger partial charge in [0.15, 0.2) is 0 Å². The Labute approximate surface area is 196 Å². The van der Waals surface area contributed by atoms with Crippen molar-refractivity contribution in [2.24, 2.45) is 0 Å². The van der Waals surface area contributed by atoms with Gasteiger partial charge in [0.25, 0.3) is 0 Å². The number of halogens is 1. The molecule has 0 radical (unpaired) electrons. The van der Waals surface area contributed by atoms with Crippen LogP contribution in [-0.2, 0) is 14.8 Å². The number of amides is 1. The number of methoxy groups -OCH3 is 1. The standard InChI is InChI=1S/C21H23ClN4O4S2/c1-5-18(26(32(4,28)29)15-9-6-13(2)17(22)12-15)19(27)23-21-25-24-20(31-21)14-7-10-16(30-3)11-8-14/h6-12,18H,5H2,1-4H3,(H,23,25,27)/t18-/m0/s1. The lowest BCUT2D eigenvalue weighted by molar-refractivity contribution is -0.117. The Hall–Kier alpha value is -2.69. The van der Waals surface area contributed by atoms with Crippen LogP contribution in [0.15, 0.2) is 42.5 Å². The molecular formula is C21H23ClN4O4S2. The molecule has 3 aromatic rings. The molecule has 2 aromatic carbocycles. The Morgan fingerprint density at radius 1 is 1.22 bits per heavy atom. The summed E-state index contributed by atoms with van der Waals surface area (Å²) in [5.41, 5.74) is 1.95. The molecule has 1 amide bonds. The van der Waals surface area contributed by atoms with Crippen molar-refractivity contribution in [1.29, 1.82) is 0 Å². The van der Waals surface area contributed by atoms with Gasteiger partial charge in [0.2, 0.25) is 21.1 Å².